The molecule has 148 valence electrons. The second-order valence-electron chi connectivity index (χ2n) is 7.29. The third-order valence-electron chi connectivity index (χ3n) is 5.08. The molecule has 1 saturated heterocycles. The number of H-pyrrole nitrogens is 1. The second-order valence-corrected chi connectivity index (χ2v) is 7.29. The molecule has 1 aromatic heterocycles. The molecule has 8 nitrogen and oxygen atoms in total. The van der Waals surface area contributed by atoms with E-state index >= 15 is 0 Å². The molecule has 1 aliphatic heterocycles. The third kappa shape index (κ3) is 3.90. The summed E-state index contributed by atoms with van der Waals surface area (Å²) in [5.41, 5.74) is 2.71. The summed E-state index contributed by atoms with van der Waals surface area (Å²) in [5, 5.41) is 12.3. The summed E-state index contributed by atoms with van der Waals surface area (Å²) in [6.07, 6.45) is 3.31. The van der Waals surface area contributed by atoms with Gasteiger partial charge in [-0.15, -0.1) is 0 Å². The Morgan fingerprint density at radius 2 is 1.93 bits per heavy atom. The Labute approximate surface area is 163 Å². The fraction of sp³-hybridized carbons (Fsp3) is 0.400. The van der Waals surface area contributed by atoms with Gasteiger partial charge in [-0.1, -0.05) is 29.8 Å². The molecule has 1 fully saturated rings. The lowest BCUT2D eigenvalue weighted by molar-refractivity contribution is -0.134. The lowest BCUT2D eigenvalue weighted by atomic mass is 9.91. The zero-order chi connectivity index (χ0) is 20.3. The number of imide groups is 1. The van der Waals surface area contributed by atoms with Gasteiger partial charge in [0, 0.05) is 12.2 Å². The quantitative estimate of drug-likeness (QED) is 0.498. The van der Waals surface area contributed by atoms with Crippen LogP contribution < -0.4 is 10.6 Å². The van der Waals surface area contributed by atoms with Crippen LogP contribution in [-0.4, -0.2) is 46.0 Å². The van der Waals surface area contributed by atoms with Gasteiger partial charge in [0.05, 0.1) is 6.20 Å². The molecule has 28 heavy (non-hydrogen) atoms. The number of aryl methyl sites for hydroxylation is 3. The Morgan fingerprint density at radius 1 is 1.21 bits per heavy atom. The molecule has 0 aliphatic carbocycles. The highest BCUT2D eigenvalue weighted by Crippen LogP contribution is 2.28. The van der Waals surface area contributed by atoms with E-state index in [4.69, 9.17) is 0 Å². The van der Waals surface area contributed by atoms with Crippen LogP contribution in [0, 0.1) is 13.8 Å². The highest BCUT2D eigenvalue weighted by molar-refractivity contribution is 6.09. The number of hydrogen-bond donors (Lipinski definition) is 3. The molecule has 0 saturated carbocycles. The molecule has 4 amide bonds. The van der Waals surface area contributed by atoms with Crippen LogP contribution in [0.4, 0.5) is 4.79 Å². The molecule has 0 spiro atoms. The van der Waals surface area contributed by atoms with E-state index in [9.17, 15) is 14.4 Å². The Kier molecular flexibility index (Phi) is 5.48. The first-order valence-corrected chi connectivity index (χ1v) is 9.28. The van der Waals surface area contributed by atoms with E-state index in [0.717, 1.165) is 34.6 Å². The zero-order valence-electron chi connectivity index (χ0n) is 16.3. The molecule has 3 rings (SSSR count). The molecular formula is C20H25N5O3. The summed E-state index contributed by atoms with van der Waals surface area (Å²) >= 11 is 0. The minimum absolute atomic E-state index is 0.295. The van der Waals surface area contributed by atoms with Crippen LogP contribution in [0.5, 0.6) is 0 Å². The van der Waals surface area contributed by atoms with E-state index in [-0.39, 0.29) is 12.5 Å². The molecule has 8 heteroatoms. The normalized spacial score (nSPS) is 19.0. The first-order valence-electron chi connectivity index (χ1n) is 9.28. The zero-order valence-corrected chi connectivity index (χ0v) is 16.3. The Hall–Kier alpha value is -3.16. The average Bonchev–Trinajstić information content (AvgIpc) is 3.16. The largest absolute Gasteiger partial charge is 0.355 e. The van der Waals surface area contributed by atoms with Crippen LogP contribution in [0.25, 0.3) is 0 Å². The Morgan fingerprint density at radius 3 is 2.57 bits per heavy atom. The van der Waals surface area contributed by atoms with Crippen molar-refractivity contribution in [2.75, 3.05) is 13.1 Å². The van der Waals surface area contributed by atoms with Crippen LogP contribution in [0.1, 0.15) is 35.7 Å². The third-order valence-corrected chi connectivity index (χ3v) is 5.08. The van der Waals surface area contributed by atoms with Crippen LogP contribution in [0.2, 0.25) is 0 Å². The summed E-state index contributed by atoms with van der Waals surface area (Å²) in [4.78, 5) is 38.3. The van der Waals surface area contributed by atoms with Crippen molar-refractivity contribution in [2.45, 2.75) is 39.2 Å². The molecule has 1 aromatic carbocycles. The van der Waals surface area contributed by atoms with Gasteiger partial charge in [0.25, 0.3) is 5.91 Å². The maximum absolute atomic E-state index is 12.8. The van der Waals surface area contributed by atoms with Gasteiger partial charge in [0.1, 0.15) is 12.1 Å². The maximum atomic E-state index is 12.8. The Bertz CT molecular complexity index is 890. The summed E-state index contributed by atoms with van der Waals surface area (Å²) < 4.78 is 0. The lowest BCUT2D eigenvalue weighted by Crippen LogP contribution is -2.43. The monoisotopic (exact) mass is 383 g/mol. The van der Waals surface area contributed by atoms with E-state index < -0.39 is 17.5 Å². The number of nitrogens with one attached hydrogen (secondary N) is 3. The second kappa shape index (κ2) is 7.84. The van der Waals surface area contributed by atoms with Gasteiger partial charge in [-0.05, 0) is 44.7 Å². The van der Waals surface area contributed by atoms with Crippen molar-refractivity contribution < 1.29 is 14.4 Å². The van der Waals surface area contributed by atoms with Crippen LogP contribution >= 0.6 is 0 Å². The molecule has 0 radical (unpaired) electrons. The predicted molar refractivity (Wildman–Crippen MR) is 103 cm³/mol. The molecule has 2 heterocycles. The van der Waals surface area contributed by atoms with Gasteiger partial charge in [0.15, 0.2) is 0 Å². The van der Waals surface area contributed by atoms with E-state index in [1.54, 1.807) is 13.1 Å². The van der Waals surface area contributed by atoms with Crippen molar-refractivity contribution in [3.8, 4) is 0 Å². The van der Waals surface area contributed by atoms with Gasteiger partial charge in [-0.2, -0.15) is 5.10 Å². The van der Waals surface area contributed by atoms with Crippen molar-refractivity contribution in [1.29, 1.82) is 0 Å². The predicted octanol–water partition coefficient (Wildman–Crippen LogP) is 1.54. The van der Waals surface area contributed by atoms with Gasteiger partial charge in [-0.3, -0.25) is 19.6 Å². The van der Waals surface area contributed by atoms with Crippen LogP contribution in [-0.2, 0) is 21.5 Å². The maximum Gasteiger partial charge on any atom is 0.325 e. The summed E-state index contributed by atoms with van der Waals surface area (Å²) in [5.74, 6) is -0.786. The molecule has 1 atom stereocenters. The molecule has 0 bridgehead atoms. The molecular weight excluding hydrogens is 358 g/mol. The fourth-order valence-electron chi connectivity index (χ4n) is 3.26. The van der Waals surface area contributed by atoms with Gasteiger partial charge in [-0.25, -0.2) is 4.79 Å². The number of rotatable bonds is 7. The number of amides is 4. The Balaban J connectivity index is 1.54. The number of carbonyl (C=O) groups excluding carboxylic acids is 3. The van der Waals surface area contributed by atoms with E-state index in [2.05, 4.69) is 20.8 Å². The highest BCUT2D eigenvalue weighted by atomic mass is 16.2. The highest BCUT2D eigenvalue weighted by Gasteiger charge is 2.49. The smallest absolute Gasteiger partial charge is 0.325 e. The van der Waals surface area contributed by atoms with Crippen molar-refractivity contribution in [1.82, 2.24) is 25.7 Å². The van der Waals surface area contributed by atoms with Crippen LogP contribution in [0.15, 0.2) is 30.5 Å². The van der Waals surface area contributed by atoms with Crippen molar-refractivity contribution in [2.24, 2.45) is 0 Å². The molecule has 2 aromatic rings. The summed E-state index contributed by atoms with van der Waals surface area (Å²) in [6, 6.07) is 6.84. The minimum Gasteiger partial charge on any atom is -0.355 e. The summed E-state index contributed by atoms with van der Waals surface area (Å²) in [7, 11) is 0. The number of nitrogens with zero attached hydrogens (tertiary/aromatic N) is 2. The lowest BCUT2D eigenvalue weighted by Gasteiger charge is -2.22. The summed E-state index contributed by atoms with van der Waals surface area (Å²) in [6.45, 7) is 5.72. The first kappa shape index (κ1) is 19.6. The van der Waals surface area contributed by atoms with Gasteiger partial charge >= 0.3 is 6.03 Å². The van der Waals surface area contributed by atoms with E-state index in [1.807, 2.05) is 38.1 Å². The van der Waals surface area contributed by atoms with Crippen molar-refractivity contribution >= 4 is 17.8 Å². The minimum atomic E-state index is -1.16. The standard InChI is InChI=1S/C20H25N5O3/c1-13-6-8-16(9-7-13)20(3)18(27)25(19(28)23-20)12-17(26)21-10-4-5-15-11-22-24-14(15)2/h6-9,11H,4-5,10,12H2,1-3H3,(H,21,26)(H,22,24)(H,23,28). The molecule has 1 unspecified atom stereocenters. The number of aromatic nitrogens is 2. The fourth-order valence-corrected chi connectivity index (χ4v) is 3.26. The number of hydrogen-bond acceptors (Lipinski definition) is 4. The van der Waals surface area contributed by atoms with E-state index in [1.165, 1.54) is 0 Å². The van der Waals surface area contributed by atoms with Gasteiger partial charge in [0.2, 0.25) is 5.91 Å². The molecule has 3 N–H and O–H groups in total. The number of aromatic amines is 1. The SMILES string of the molecule is Cc1ccc(C2(C)NC(=O)N(CC(=O)NCCCc3cn[nH]c3C)C2=O)cc1. The first-order chi connectivity index (χ1) is 13.3. The van der Waals surface area contributed by atoms with E-state index in [0.29, 0.717) is 12.1 Å². The van der Waals surface area contributed by atoms with Crippen molar-refractivity contribution in [3.63, 3.8) is 0 Å². The van der Waals surface area contributed by atoms with Crippen LogP contribution in [0.3, 0.4) is 0 Å². The van der Waals surface area contributed by atoms with Crippen molar-refractivity contribution in [3.05, 3.63) is 52.8 Å². The van der Waals surface area contributed by atoms with Gasteiger partial charge < -0.3 is 10.6 Å². The average molecular weight is 383 g/mol. The topological polar surface area (TPSA) is 107 Å². The molecule has 1 aliphatic rings. The number of urea groups is 1. The number of carbonyl (C=O) groups is 3. The number of benzene rings is 1.